The van der Waals surface area contributed by atoms with E-state index in [1.54, 1.807) is 0 Å². The summed E-state index contributed by atoms with van der Waals surface area (Å²) in [5, 5.41) is 5.47. The van der Waals surface area contributed by atoms with Crippen molar-refractivity contribution in [2.24, 2.45) is 0 Å². The predicted molar refractivity (Wildman–Crippen MR) is 169 cm³/mol. The minimum absolute atomic E-state index is 0.0322. The molecule has 47 heavy (non-hydrogen) atoms. The van der Waals surface area contributed by atoms with Crippen molar-refractivity contribution in [3.8, 4) is 28.0 Å². The van der Waals surface area contributed by atoms with Gasteiger partial charge in [-0.2, -0.15) is 0 Å². The van der Waals surface area contributed by atoms with Gasteiger partial charge in [0.2, 0.25) is 0 Å². The number of nitrogens with one attached hydrogen (secondary N) is 2. The number of carbonyl (C=O) groups is 2. The number of alkyl halides is 2. The van der Waals surface area contributed by atoms with Gasteiger partial charge in [-0.3, -0.25) is 9.78 Å². The lowest BCUT2D eigenvalue weighted by Crippen LogP contribution is -2.70. The van der Waals surface area contributed by atoms with Crippen LogP contribution >= 0.6 is 23.2 Å². The Labute approximate surface area is 278 Å². The number of nitrogens with zero attached hydrogens (tertiary/aromatic N) is 1. The van der Waals surface area contributed by atoms with E-state index in [1.807, 2.05) is 48.5 Å². The molecule has 0 bridgehead atoms. The zero-order valence-corrected chi connectivity index (χ0v) is 26.4. The highest BCUT2D eigenvalue weighted by Crippen LogP contribution is 2.44. The highest BCUT2D eigenvalue weighted by atomic mass is 35.5. The van der Waals surface area contributed by atoms with E-state index < -0.39 is 42.4 Å². The molecule has 1 fully saturated rings. The highest BCUT2D eigenvalue weighted by Gasteiger charge is 2.48. The first-order valence-corrected chi connectivity index (χ1v) is 15.4. The maximum atomic E-state index is 15.4. The van der Waals surface area contributed by atoms with Crippen LogP contribution in [-0.2, 0) is 14.3 Å². The summed E-state index contributed by atoms with van der Waals surface area (Å²) in [6.45, 7) is 0.434. The second-order valence-electron chi connectivity index (χ2n) is 11.3. The molecule has 8 nitrogen and oxygen atoms in total. The zero-order chi connectivity index (χ0) is 33.3. The third kappa shape index (κ3) is 6.60. The second-order valence-corrected chi connectivity index (χ2v) is 12.1. The van der Waals surface area contributed by atoms with Crippen molar-refractivity contribution >= 4 is 35.2 Å². The standard InChI is InChI=1S/C34H28Cl2F3N3O5/c1-18(30-28(37)10-19(13-40-30)25-11-20(35)12-27(36)31(25)46-15-29(38)39)41-32(43)34(16-45-17-34)42-33(44)47-14-26-23-8-4-2-6-21(23)22-7-3-5-9-24(22)26/h2-13,18,26,29H,14-17H2,1H3,(H,41,43)(H,42,44)/t18-/m1/s1. The molecule has 6 rings (SSSR count). The Morgan fingerprint density at radius 2 is 1.68 bits per heavy atom. The molecule has 0 unspecified atom stereocenters. The van der Waals surface area contributed by atoms with Crippen molar-refractivity contribution in [3.63, 3.8) is 0 Å². The molecule has 244 valence electrons. The quantitative estimate of drug-likeness (QED) is 0.182. The van der Waals surface area contributed by atoms with Crippen LogP contribution in [0, 0.1) is 5.82 Å². The molecule has 0 radical (unpaired) electrons. The summed E-state index contributed by atoms with van der Waals surface area (Å²) in [6, 6.07) is 18.7. The van der Waals surface area contributed by atoms with E-state index in [9.17, 15) is 18.4 Å². The summed E-state index contributed by atoms with van der Waals surface area (Å²) < 4.78 is 57.1. The fraction of sp³-hybridized carbons (Fsp3) is 0.265. The molecule has 13 heteroatoms. The van der Waals surface area contributed by atoms with E-state index in [1.165, 1.54) is 25.3 Å². The lowest BCUT2D eigenvalue weighted by molar-refractivity contribution is -0.148. The van der Waals surface area contributed by atoms with Gasteiger partial charge in [-0.25, -0.2) is 18.0 Å². The third-order valence-electron chi connectivity index (χ3n) is 8.12. The first kappa shape index (κ1) is 32.6. The fourth-order valence-electron chi connectivity index (χ4n) is 5.78. The Morgan fingerprint density at radius 3 is 2.28 bits per heavy atom. The monoisotopic (exact) mass is 685 g/mol. The molecule has 3 aromatic carbocycles. The van der Waals surface area contributed by atoms with Crippen LogP contribution < -0.4 is 15.4 Å². The molecule has 2 N–H and O–H groups in total. The van der Waals surface area contributed by atoms with Gasteiger partial charge in [-0.15, -0.1) is 0 Å². The molecule has 1 atom stereocenters. The van der Waals surface area contributed by atoms with Crippen LogP contribution in [0.2, 0.25) is 10.0 Å². The maximum absolute atomic E-state index is 15.4. The van der Waals surface area contributed by atoms with E-state index in [0.717, 1.165) is 28.3 Å². The average Bonchev–Trinajstić information content (AvgIpc) is 3.34. The van der Waals surface area contributed by atoms with Crippen LogP contribution in [0.25, 0.3) is 22.3 Å². The molecule has 1 aliphatic heterocycles. The lowest BCUT2D eigenvalue weighted by Gasteiger charge is -2.40. The Bertz CT molecular complexity index is 1790. The predicted octanol–water partition coefficient (Wildman–Crippen LogP) is 7.32. The van der Waals surface area contributed by atoms with Gasteiger partial charge in [0.05, 0.1) is 30.0 Å². The summed E-state index contributed by atoms with van der Waals surface area (Å²) in [5.41, 5.74) is 3.05. The molecule has 1 aliphatic carbocycles. The topological polar surface area (TPSA) is 98.8 Å². The van der Waals surface area contributed by atoms with Gasteiger partial charge >= 0.3 is 6.09 Å². The number of halogens is 5. The molecule has 1 saturated heterocycles. The SMILES string of the molecule is C[C@@H](NC(=O)C1(NC(=O)OCC2c3ccccc3-c3ccccc32)COC1)c1ncc(-c2cc(Cl)cc(Cl)c2OCC(F)F)cc1F. The summed E-state index contributed by atoms with van der Waals surface area (Å²) in [4.78, 5) is 30.5. The van der Waals surface area contributed by atoms with Crippen LogP contribution in [0.3, 0.4) is 0 Å². The number of aromatic nitrogens is 1. The minimum atomic E-state index is -2.76. The van der Waals surface area contributed by atoms with E-state index in [-0.39, 0.29) is 58.4 Å². The van der Waals surface area contributed by atoms with Gasteiger partial charge in [0.15, 0.2) is 5.54 Å². The Morgan fingerprint density at radius 1 is 1.02 bits per heavy atom. The Hall–Kier alpha value is -4.32. The molecular weight excluding hydrogens is 658 g/mol. The molecule has 4 aromatic rings. The number of rotatable bonds is 10. The summed E-state index contributed by atoms with van der Waals surface area (Å²) in [5.74, 6) is -1.67. The minimum Gasteiger partial charge on any atom is -0.485 e. The lowest BCUT2D eigenvalue weighted by atomic mass is 9.95. The number of fused-ring (bicyclic) bond motifs is 3. The third-order valence-corrected chi connectivity index (χ3v) is 8.62. The van der Waals surface area contributed by atoms with Crippen LogP contribution in [0.5, 0.6) is 5.75 Å². The van der Waals surface area contributed by atoms with Gasteiger partial charge < -0.3 is 24.8 Å². The molecular formula is C34H28Cl2F3N3O5. The Kier molecular flexibility index (Phi) is 9.32. The van der Waals surface area contributed by atoms with Crippen molar-refractivity contribution in [1.29, 1.82) is 0 Å². The first-order valence-electron chi connectivity index (χ1n) is 14.6. The molecule has 2 heterocycles. The van der Waals surface area contributed by atoms with Crippen LogP contribution in [0.15, 0.2) is 72.9 Å². The number of pyridine rings is 1. The largest absolute Gasteiger partial charge is 0.485 e. The zero-order valence-electron chi connectivity index (χ0n) is 24.9. The van der Waals surface area contributed by atoms with Gasteiger partial charge in [-0.1, -0.05) is 71.7 Å². The molecule has 2 aliphatic rings. The van der Waals surface area contributed by atoms with Gasteiger partial charge in [-0.05, 0) is 47.4 Å². The number of alkyl carbamates (subject to hydrolysis) is 1. The summed E-state index contributed by atoms with van der Waals surface area (Å²) in [7, 11) is 0. The van der Waals surface area contributed by atoms with Gasteiger partial charge in [0.25, 0.3) is 12.3 Å². The first-order chi connectivity index (χ1) is 22.6. The van der Waals surface area contributed by atoms with E-state index in [0.29, 0.717) is 0 Å². The summed E-state index contributed by atoms with van der Waals surface area (Å²) in [6.07, 6.45) is -2.27. The number of carbonyl (C=O) groups excluding carboxylic acids is 2. The van der Waals surface area contributed by atoms with Crippen molar-refractivity contribution in [2.75, 3.05) is 26.4 Å². The fourth-order valence-corrected chi connectivity index (χ4v) is 6.33. The molecule has 0 saturated carbocycles. The second kappa shape index (κ2) is 13.4. The number of hydrogen-bond acceptors (Lipinski definition) is 6. The van der Waals surface area contributed by atoms with Crippen molar-refractivity contribution in [3.05, 3.63) is 106 Å². The van der Waals surface area contributed by atoms with Crippen LogP contribution in [0.1, 0.15) is 35.7 Å². The average molecular weight is 687 g/mol. The smallest absolute Gasteiger partial charge is 0.408 e. The highest BCUT2D eigenvalue weighted by molar-refractivity contribution is 6.36. The number of ether oxygens (including phenoxy) is 3. The maximum Gasteiger partial charge on any atom is 0.408 e. The Balaban J connectivity index is 1.12. The van der Waals surface area contributed by atoms with Crippen molar-refractivity contribution in [2.45, 2.75) is 30.8 Å². The van der Waals surface area contributed by atoms with E-state index in [4.69, 9.17) is 37.4 Å². The summed E-state index contributed by atoms with van der Waals surface area (Å²) >= 11 is 12.3. The van der Waals surface area contributed by atoms with E-state index >= 15 is 4.39 Å². The van der Waals surface area contributed by atoms with Crippen molar-refractivity contribution < 1.29 is 37.0 Å². The van der Waals surface area contributed by atoms with Crippen molar-refractivity contribution in [1.82, 2.24) is 15.6 Å². The number of hydrogen-bond donors (Lipinski definition) is 2. The molecule has 2 amide bonds. The molecule has 0 spiro atoms. The number of benzene rings is 3. The van der Waals surface area contributed by atoms with Crippen LogP contribution in [0.4, 0.5) is 18.0 Å². The normalized spacial score (nSPS) is 15.3. The molecule has 1 aromatic heterocycles. The van der Waals surface area contributed by atoms with E-state index in [2.05, 4.69) is 15.6 Å². The van der Waals surface area contributed by atoms with Gasteiger partial charge in [0.1, 0.15) is 24.8 Å². The van der Waals surface area contributed by atoms with Crippen LogP contribution in [-0.4, -0.2) is 55.4 Å². The van der Waals surface area contributed by atoms with Gasteiger partial charge in [0, 0.05) is 28.3 Å². The number of amides is 2.